The third kappa shape index (κ3) is 3.16. The van der Waals surface area contributed by atoms with Crippen LogP contribution in [0.5, 0.6) is 0 Å². The molecular weight excluding hydrogens is 244 g/mol. The summed E-state index contributed by atoms with van der Waals surface area (Å²) in [6.07, 6.45) is 1.66. The van der Waals surface area contributed by atoms with E-state index in [-0.39, 0.29) is 5.09 Å². The molecule has 0 aromatic carbocycles. The highest BCUT2D eigenvalue weighted by Crippen LogP contribution is 2.11. The zero-order valence-corrected chi connectivity index (χ0v) is 9.70. The summed E-state index contributed by atoms with van der Waals surface area (Å²) in [5.74, 6) is 0.508. The number of hydrogen-bond acceptors (Lipinski definition) is 5. The van der Waals surface area contributed by atoms with Crippen molar-refractivity contribution in [2.24, 2.45) is 5.14 Å². The van der Waals surface area contributed by atoms with Crippen LogP contribution in [0.4, 0.5) is 0 Å². The van der Waals surface area contributed by atoms with Crippen LogP contribution in [0.25, 0.3) is 0 Å². The van der Waals surface area contributed by atoms with Crippen LogP contribution in [0.2, 0.25) is 0 Å². The monoisotopic (exact) mass is 256 g/mol. The maximum Gasteiger partial charge on any atom is 0.271 e. The molecule has 17 heavy (non-hydrogen) atoms. The number of primary sulfonamides is 1. The van der Waals surface area contributed by atoms with Crippen molar-refractivity contribution in [3.05, 3.63) is 35.9 Å². The van der Waals surface area contributed by atoms with Crippen molar-refractivity contribution < 1.29 is 12.8 Å². The lowest BCUT2D eigenvalue weighted by Crippen LogP contribution is -2.13. The van der Waals surface area contributed by atoms with E-state index in [1.165, 1.54) is 6.07 Å². The molecule has 4 N–H and O–H groups in total. The summed E-state index contributed by atoms with van der Waals surface area (Å²) in [5, 5.41) is 14.4. The van der Waals surface area contributed by atoms with Crippen molar-refractivity contribution in [2.75, 3.05) is 0 Å². The zero-order chi connectivity index (χ0) is 12.3. The molecule has 0 aliphatic carbocycles. The molecule has 0 spiro atoms. The van der Waals surface area contributed by atoms with Crippen LogP contribution >= 0.6 is 0 Å². The van der Waals surface area contributed by atoms with Gasteiger partial charge in [0.1, 0.15) is 5.76 Å². The van der Waals surface area contributed by atoms with Crippen molar-refractivity contribution in [3.63, 3.8) is 0 Å². The molecule has 0 atom stereocenters. The second-order valence-corrected chi connectivity index (χ2v) is 4.94. The number of rotatable bonds is 5. The van der Waals surface area contributed by atoms with Gasteiger partial charge in [0, 0.05) is 18.4 Å². The summed E-state index contributed by atoms with van der Waals surface area (Å²) in [7, 11) is -3.76. The molecule has 2 heterocycles. The standard InChI is InChI=1S/C9H12N4O3S/c10-17(14,15)9-2-1-8(16-9)6-11-5-7-3-4-12-13-7/h1-4,11H,5-6H2,(H,12,13)(H2,10,14,15). The topological polar surface area (TPSA) is 114 Å². The Labute approximate surface area is 98.1 Å². The molecular formula is C9H12N4O3S. The Morgan fingerprint density at radius 2 is 2.18 bits per heavy atom. The van der Waals surface area contributed by atoms with E-state index in [1.807, 2.05) is 6.07 Å². The number of aromatic nitrogens is 2. The molecule has 7 nitrogen and oxygen atoms in total. The average molecular weight is 256 g/mol. The van der Waals surface area contributed by atoms with Gasteiger partial charge in [-0.15, -0.1) is 0 Å². The molecule has 0 bridgehead atoms. The van der Waals surface area contributed by atoms with E-state index in [9.17, 15) is 8.42 Å². The van der Waals surface area contributed by atoms with Gasteiger partial charge in [-0.1, -0.05) is 0 Å². The first-order chi connectivity index (χ1) is 8.05. The fraction of sp³-hybridized carbons (Fsp3) is 0.222. The largest absolute Gasteiger partial charge is 0.447 e. The molecule has 0 unspecified atom stereocenters. The Morgan fingerprint density at radius 1 is 1.35 bits per heavy atom. The van der Waals surface area contributed by atoms with Gasteiger partial charge in [-0.2, -0.15) is 5.10 Å². The van der Waals surface area contributed by atoms with Crippen LogP contribution in [0, 0.1) is 0 Å². The smallest absolute Gasteiger partial charge is 0.271 e. The van der Waals surface area contributed by atoms with E-state index in [0.717, 1.165) is 5.69 Å². The number of nitrogens with two attached hydrogens (primary N) is 1. The first-order valence-corrected chi connectivity index (χ1v) is 6.41. The highest BCUT2D eigenvalue weighted by Gasteiger charge is 2.12. The van der Waals surface area contributed by atoms with E-state index >= 15 is 0 Å². The highest BCUT2D eigenvalue weighted by molar-refractivity contribution is 7.89. The van der Waals surface area contributed by atoms with Crippen molar-refractivity contribution in [3.8, 4) is 0 Å². The van der Waals surface area contributed by atoms with E-state index in [0.29, 0.717) is 18.8 Å². The van der Waals surface area contributed by atoms with Gasteiger partial charge in [-0.05, 0) is 18.2 Å². The second kappa shape index (κ2) is 4.70. The van der Waals surface area contributed by atoms with Crippen molar-refractivity contribution >= 4 is 10.0 Å². The fourth-order valence-corrected chi connectivity index (χ4v) is 1.79. The van der Waals surface area contributed by atoms with Gasteiger partial charge < -0.3 is 9.73 Å². The molecule has 0 aliphatic rings. The number of aromatic amines is 1. The number of hydrogen-bond donors (Lipinski definition) is 3. The lowest BCUT2D eigenvalue weighted by molar-refractivity contribution is 0.402. The maximum atomic E-state index is 11.0. The Morgan fingerprint density at radius 3 is 2.76 bits per heavy atom. The van der Waals surface area contributed by atoms with E-state index in [4.69, 9.17) is 9.56 Å². The molecule has 8 heteroatoms. The predicted octanol–water partition coefficient (Wildman–Crippen LogP) is -0.0601. The van der Waals surface area contributed by atoms with Gasteiger partial charge in [0.25, 0.3) is 10.0 Å². The van der Waals surface area contributed by atoms with Crippen molar-refractivity contribution in [1.82, 2.24) is 15.5 Å². The Hall–Kier alpha value is -1.64. The summed E-state index contributed by atoms with van der Waals surface area (Å²) >= 11 is 0. The predicted molar refractivity (Wildman–Crippen MR) is 59.2 cm³/mol. The highest BCUT2D eigenvalue weighted by atomic mass is 32.2. The van der Waals surface area contributed by atoms with E-state index < -0.39 is 10.0 Å². The molecule has 0 saturated carbocycles. The summed E-state index contributed by atoms with van der Waals surface area (Å²) < 4.78 is 27.0. The first kappa shape index (κ1) is 11.8. The van der Waals surface area contributed by atoms with Crippen LogP contribution in [0.15, 0.2) is 33.9 Å². The quantitative estimate of drug-likeness (QED) is 0.693. The third-order valence-electron chi connectivity index (χ3n) is 2.09. The Kier molecular flexibility index (Phi) is 3.27. The van der Waals surface area contributed by atoms with Gasteiger partial charge in [0.15, 0.2) is 0 Å². The normalized spacial score (nSPS) is 11.8. The van der Waals surface area contributed by atoms with Crippen LogP contribution in [0.3, 0.4) is 0 Å². The van der Waals surface area contributed by atoms with Crippen LogP contribution in [-0.2, 0) is 23.1 Å². The molecule has 0 radical (unpaired) electrons. The minimum atomic E-state index is -3.76. The third-order valence-corrected chi connectivity index (χ3v) is 2.87. The van der Waals surface area contributed by atoms with Crippen molar-refractivity contribution in [2.45, 2.75) is 18.2 Å². The number of nitrogens with one attached hydrogen (secondary N) is 2. The molecule has 0 fully saturated rings. The molecule has 0 amide bonds. The van der Waals surface area contributed by atoms with Gasteiger partial charge in [0.2, 0.25) is 5.09 Å². The molecule has 0 saturated heterocycles. The molecule has 2 rings (SSSR count). The fourth-order valence-electron chi connectivity index (χ4n) is 1.31. The minimum absolute atomic E-state index is 0.226. The summed E-state index contributed by atoms with van der Waals surface area (Å²) in [6.45, 7) is 1.000. The van der Waals surface area contributed by atoms with Crippen LogP contribution in [-0.4, -0.2) is 18.6 Å². The van der Waals surface area contributed by atoms with Gasteiger partial charge in [0.05, 0.1) is 6.54 Å². The molecule has 0 aliphatic heterocycles. The van der Waals surface area contributed by atoms with Crippen molar-refractivity contribution in [1.29, 1.82) is 0 Å². The summed E-state index contributed by atoms with van der Waals surface area (Å²) in [6, 6.07) is 4.74. The zero-order valence-electron chi connectivity index (χ0n) is 8.88. The Balaban J connectivity index is 1.90. The van der Waals surface area contributed by atoms with Crippen LogP contribution in [0.1, 0.15) is 11.5 Å². The SMILES string of the molecule is NS(=O)(=O)c1ccc(CNCc2ccn[nH]2)o1. The van der Waals surface area contributed by atoms with Gasteiger partial charge >= 0.3 is 0 Å². The minimum Gasteiger partial charge on any atom is -0.447 e. The van der Waals surface area contributed by atoms with E-state index in [1.54, 1.807) is 12.3 Å². The second-order valence-electron chi connectivity index (χ2n) is 3.45. The number of H-pyrrole nitrogens is 1. The number of furan rings is 1. The van der Waals surface area contributed by atoms with Gasteiger partial charge in [-0.3, -0.25) is 5.10 Å². The molecule has 2 aromatic heterocycles. The molecule has 92 valence electrons. The average Bonchev–Trinajstić information content (AvgIpc) is 2.86. The number of sulfonamides is 1. The summed E-state index contributed by atoms with van der Waals surface area (Å²) in [5.41, 5.74) is 0.934. The lowest BCUT2D eigenvalue weighted by atomic mass is 10.4. The summed E-state index contributed by atoms with van der Waals surface area (Å²) in [4.78, 5) is 0. The Bertz CT molecular complexity index is 573. The maximum absolute atomic E-state index is 11.0. The lowest BCUT2D eigenvalue weighted by Gasteiger charge is -1.99. The van der Waals surface area contributed by atoms with Crippen LogP contribution < -0.4 is 10.5 Å². The number of nitrogens with zero attached hydrogens (tertiary/aromatic N) is 1. The molecule has 2 aromatic rings. The van der Waals surface area contributed by atoms with Gasteiger partial charge in [-0.25, -0.2) is 13.6 Å². The first-order valence-electron chi connectivity index (χ1n) is 4.86. The van der Waals surface area contributed by atoms with E-state index in [2.05, 4.69) is 15.5 Å².